The summed E-state index contributed by atoms with van der Waals surface area (Å²) < 4.78 is 8.99. The van der Waals surface area contributed by atoms with Gasteiger partial charge in [-0.3, -0.25) is 4.57 Å². The van der Waals surface area contributed by atoms with E-state index < -0.39 is 0 Å². The second-order valence-electron chi connectivity index (χ2n) is 11.6. The van der Waals surface area contributed by atoms with Gasteiger partial charge in [0, 0.05) is 49.9 Å². The fourth-order valence-electron chi connectivity index (χ4n) is 7.04. The summed E-state index contributed by atoms with van der Waals surface area (Å²) in [6.45, 7) is 0. The van der Waals surface area contributed by atoms with Gasteiger partial charge in [-0.25, -0.2) is 15.0 Å². The third-order valence-electron chi connectivity index (χ3n) is 9.02. The number of para-hydroxylation sites is 1. The molecule has 6 aromatic carbocycles. The highest BCUT2D eigenvalue weighted by atomic mass is 16.3. The third kappa shape index (κ3) is 3.54. The second kappa shape index (κ2) is 9.58. The molecular formula is C41H24N4O. The number of fused-ring (bicyclic) bond motifs is 11. The number of furan rings is 1. The van der Waals surface area contributed by atoms with Crippen LogP contribution in [0.25, 0.3) is 93.9 Å². The predicted molar refractivity (Wildman–Crippen MR) is 187 cm³/mol. The van der Waals surface area contributed by atoms with Gasteiger partial charge in [0.15, 0.2) is 11.4 Å². The molecule has 4 heterocycles. The average molecular weight is 589 g/mol. The summed E-state index contributed by atoms with van der Waals surface area (Å²) in [4.78, 5) is 15.2. The minimum atomic E-state index is 0.702. The van der Waals surface area contributed by atoms with Gasteiger partial charge in [0.1, 0.15) is 11.2 Å². The molecule has 0 unspecified atom stereocenters. The molecule has 5 nitrogen and oxygen atoms in total. The van der Waals surface area contributed by atoms with E-state index in [1.54, 1.807) is 0 Å². The van der Waals surface area contributed by atoms with Crippen LogP contribution in [0.15, 0.2) is 150 Å². The van der Waals surface area contributed by atoms with E-state index in [2.05, 4.69) is 102 Å². The van der Waals surface area contributed by atoms with Gasteiger partial charge in [0.05, 0.1) is 16.7 Å². The second-order valence-corrected chi connectivity index (χ2v) is 11.6. The molecule has 0 amide bonds. The van der Waals surface area contributed by atoms with E-state index in [-0.39, 0.29) is 0 Å². The Morgan fingerprint density at radius 3 is 2.00 bits per heavy atom. The molecule has 4 aromatic heterocycles. The van der Waals surface area contributed by atoms with Crippen LogP contribution >= 0.6 is 0 Å². The van der Waals surface area contributed by atoms with E-state index in [4.69, 9.17) is 19.4 Å². The van der Waals surface area contributed by atoms with Crippen LogP contribution in [-0.2, 0) is 0 Å². The zero-order valence-corrected chi connectivity index (χ0v) is 24.6. The van der Waals surface area contributed by atoms with E-state index in [1.807, 2.05) is 48.7 Å². The Labute approximate surface area is 263 Å². The lowest BCUT2D eigenvalue weighted by atomic mass is 9.99. The summed E-state index contributed by atoms with van der Waals surface area (Å²) in [6.07, 6.45) is 1.86. The number of nitrogens with zero attached hydrogens (tertiary/aromatic N) is 4. The van der Waals surface area contributed by atoms with Gasteiger partial charge >= 0.3 is 0 Å². The van der Waals surface area contributed by atoms with Crippen molar-refractivity contribution in [1.82, 2.24) is 19.5 Å². The van der Waals surface area contributed by atoms with Crippen LogP contribution in [0.5, 0.6) is 0 Å². The Kier molecular flexibility index (Phi) is 5.22. The molecule has 0 N–H and O–H groups in total. The molecule has 0 spiro atoms. The fourth-order valence-corrected chi connectivity index (χ4v) is 7.04. The predicted octanol–water partition coefficient (Wildman–Crippen LogP) is 10.5. The maximum atomic E-state index is 6.74. The van der Waals surface area contributed by atoms with Gasteiger partial charge in [-0.2, -0.15) is 0 Å². The molecule has 10 aromatic rings. The molecule has 0 aliphatic rings. The topological polar surface area (TPSA) is 56.7 Å². The lowest BCUT2D eigenvalue weighted by Gasteiger charge is -2.13. The van der Waals surface area contributed by atoms with E-state index in [0.717, 1.165) is 77.3 Å². The Hall–Kier alpha value is -6.33. The van der Waals surface area contributed by atoms with Crippen molar-refractivity contribution in [3.8, 4) is 28.3 Å². The van der Waals surface area contributed by atoms with Crippen LogP contribution in [0.3, 0.4) is 0 Å². The number of hydrogen-bond donors (Lipinski definition) is 0. The van der Waals surface area contributed by atoms with Crippen LogP contribution in [0.4, 0.5) is 0 Å². The minimum absolute atomic E-state index is 0.702. The molecule has 5 heteroatoms. The Balaban J connectivity index is 1.36. The standard InChI is InChI=1S/C41H24N4O/c1-3-12-25(13-4-1)37-32-24-27(21-22-33(32)43-40(44-37)26-14-5-2-6-15-26)45-38-35(31-19-11-23-42-41(31)45)28-16-7-8-17-29(28)36-30-18-9-10-20-34(30)46-39(36)38/h1-24H. The van der Waals surface area contributed by atoms with Crippen LogP contribution in [0, 0.1) is 0 Å². The molecule has 0 bridgehead atoms. The Morgan fingerprint density at radius 1 is 0.522 bits per heavy atom. The quantitative estimate of drug-likeness (QED) is 0.206. The third-order valence-corrected chi connectivity index (χ3v) is 9.02. The first-order valence-electron chi connectivity index (χ1n) is 15.4. The molecule has 0 radical (unpaired) electrons. The van der Waals surface area contributed by atoms with E-state index in [9.17, 15) is 0 Å². The summed E-state index contributed by atoms with van der Waals surface area (Å²) in [7, 11) is 0. The number of rotatable bonds is 3. The van der Waals surface area contributed by atoms with Crippen LogP contribution in [-0.4, -0.2) is 19.5 Å². The summed E-state index contributed by atoms with van der Waals surface area (Å²) in [5, 5.41) is 7.74. The van der Waals surface area contributed by atoms with E-state index in [1.165, 1.54) is 10.8 Å². The molecule has 0 aliphatic heterocycles. The van der Waals surface area contributed by atoms with Crippen molar-refractivity contribution < 1.29 is 4.42 Å². The number of pyridine rings is 1. The first-order valence-corrected chi connectivity index (χ1v) is 15.4. The molecule has 0 fully saturated rings. The van der Waals surface area contributed by atoms with Crippen LogP contribution in [0.1, 0.15) is 0 Å². The van der Waals surface area contributed by atoms with Gasteiger partial charge in [-0.1, -0.05) is 103 Å². The monoisotopic (exact) mass is 588 g/mol. The van der Waals surface area contributed by atoms with Crippen molar-refractivity contribution in [2.45, 2.75) is 0 Å². The molecule has 0 saturated heterocycles. The zero-order chi connectivity index (χ0) is 30.2. The summed E-state index contributed by atoms with van der Waals surface area (Å²) >= 11 is 0. The van der Waals surface area contributed by atoms with Gasteiger partial charge in [-0.15, -0.1) is 0 Å². The van der Waals surface area contributed by atoms with Gasteiger partial charge < -0.3 is 4.42 Å². The highest BCUT2D eigenvalue weighted by Crippen LogP contribution is 2.45. The zero-order valence-electron chi connectivity index (χ0n) is 24.6. The fraction of sp³-hybridized carbons (Fsp3) is 0. The van der Waals surface area contributed by atoms with E-state index in [0.29, 0.717) is 5.82 Å². The molecular weight excluding hydrogens is 564 g/mol. The Bertz CT molecular complexity index is 2800. The van der Waals surface area contributed by atoms with Crippen molar-refractivity contribution >= 4 is 65.6 Å². The highest BCUT2D eigenvalue weighted by Gasteiger charge is 2.24. The smallest absolute Gasteiger partial charge is 0.160 e. The summed E-state index contributed by atoms with van der Waals surface area (Å²) in [5.74, 6) is 0.702. The maximum Gasteiger partial charge on any atom is 0.160 e. The average Bonchev–Trinajstić information content (AvgIpc) is 3.69. The van der Waals surface area contributed by atoms with Gasteiger partial charge in [-0.05, 0) is 47.2 Å². The lowest BCUT2D eigenvalue weighted by Crippen LogP contribution is -1.99. The summed E-state index contributed by atoms with van der Waals surface area (Å²) in [5.41, 5.74) is 8.35. The van der Waals surface area contributed by atoms with E-state index >= 15 is 0 Å². The first kappa shape index (κ1) is 25.0. The van der Waals surface area contributed by atoms with Crippen molar-refractivity contribution in [2.24, 2.45) is 0 Å². The maximum absolute atomic E-state index is 6.74. The molecule has 0 atom stereocenters. The normalized spacial score (nSPS) is 11.9. The highest BCUT2D eigenvalue weighted by molar-refractivity contribution is 6.34. The van der Waals surface area contributed by atoms with Crippen molar-refractivity contribution in [1.29, 1.82) is 0 Å². The van der Waals surface area contributed by atoms with Gasteiger partial charge in [0.25, 0.3) is 0 Å². The van der Waals surface area contributed by atoms with Crippen LogP contribution in [0.2, 0.25) is 0 Å². The largest absolute Gasteiger partial charge is 0.454 e. The van der Waals surface area contributed by atoms with Crippen molar-refractivity contribution in [3.63, 3.8) is 0 Å². The molecule has 0 saturated carbocycles. The number of hydrogen-bond acceptors (Lipinski definition) is 4. The first-order chi connectivity index (χ1) is 22.8. The molecule has 46 heavy (non-hydrogen) atoms. The molecule has 214 valence electrons. The van der Waals surface area contributed by atoms with Crippen LogP contribution < -0.4 is 0 Å². The Morgan fingerprint density at radius 2 is 1.20 bits per heavy atom. The van der Waals surface area contributed by atoms with Gasteiger partial charge in [0.2, 0.25) is 0 Å². The van der Waals surface area contributed by atoms with Crippen molar-refractivity contribution in [2.75, 3.05) is 0 Å². The minimum Gasteiger partial charge on any atom is -0.454 e. The molecule has 0 aliphatic carbocycles. The molecule has 10 rings (SSSR count). The van der Waals surface area contributed by atoms with Crippen molar-refractivity contribution in [3.05, 3.63) is 146 Å². The summed E-state index contributed by atoms with van der Waals surface area (Å²) in [6, 6.07) is 48.0. The SMILES string of the molecule is c1ccc(-c2nc(-c3ccccc3)c3cc(-n4c5ncccc5c5c6ccccc6c6c7ccccc7oc6c54)ccc3n2)cc1. The lowest BCUT2D eigenvalue weighted by molar-refractivity contribution is 0.671. The number of aromatic nitrogens is 4. The number of benzene rings is 6.